The van der Waals surface area contributed by atoms with E-state index < -0.39 is 0 Å². The summed E-state index contributed by atoms with van der Waals surface area (Å²) in [5.74, 6) is 0.811. The largest absolute Gasteiger partial charge is 0.371 e. The lowest BCUT2D eigenvalue weighted by Crippen LogP contribution is -2.38. The molecule has 0 aliphatic carbocycles. The monoisotopic (exact) mass is 306 g/mol. The molecular weight excluding hydrogens is 284 g/mol. The van der Waals surface area contributed by atoms with Crippen LogP contribution in [0.25, 0.3) is 0 Å². The van der Waals surface area contributed by atoms with Gasteiger partial charge in [-0.15, -0.1) is 0 Å². The number of anilines is 1. The van der Waals surface area contributed by atoms with E-state index in [0.29, 0.717) is 10.6 Å². The van der Waals surface area contributed by atoms with Gasteiger partial charge in [-0.2, -0.15) is 0 Å². The van der Waals surface area contributed by atoms with Gasteiger partial charge in [0.05, 0.1) is 0 Å². The molecule has 21 heavy (non-hydrogen) atoms. The van der Waals surface area contributed by atoms with Gasteiger partial charge in [-0.1, -0.05) is 11.6 Å². The van der Waals surface area contributed by atoms with Gasteiger partial charge in [-0.3, -0.25) is 4.79 Å². The molecule has 0 atom stereocenters. The summed E-state index contributed by atoms with van der Waals surface area (Å²) >= 11 is 5.97. The molecule has 0 unspecified atom stereocenters. The fraction of sp³-hybridized carbons (Fsp3) is 0.588. The highest BCUT2D eigenvalue weighted by atomic mass is 35.5. The summed E-state index contributed by atoms with van der Waals surface area (Å²) < 4.78 is 0. The number of carbonyl (C=O) groups is 1. The molecule has 0 bridgehead atoms. The van der Waals surface area contributed by atoms with Crippen LogP contribution in [0.15, 0.2) is 18.2 Å². The van der Waals surface area contributed by atoms with Gasteiger partial charge in [-0.25, -0.2) is 0 Å². The molecule has 2 saturated heterocycles. The van der Waals surface area contributed by atoms with Gasteiger partial charge >= 0.3 is 0 Å². The van der Waals surface area contributed by atoms with Crippen molar-refractivity contribution in [2.75, 3.05) is 37.6 Å². The SMILES string of the molecule is O=Cc1cc(Cl)ccc1N1CCC(CN2CCCC2)CC1. The number of hydrogen-bond acceptors (Lipinski definition) is 3. The van der Waals surface area contributed by atoms with Gasteiger partial charge in [0.2, 0.25) is 0 Å². The van der Waals surface area contributed by atoms with Crippen LogP contribution in [0, 0.1) is 5.92 Å². The molecule has 3 rings (SSSR count). The molecule has 0 aromatic heterocycles. The molecule has 2 heterocycles. The summed E-state index contributed by atoms with van der Waals surface area (Å²) in [6.07, 6.45) is 6.09. The molecule has 2 aliphatic rings. The first kappa shape index (κ1) is 14.9. The molecule has 4 heteroatoms. The van der Waals surface area contributed by atoms with Crippen LogP contribution < -0.4 is 4.90 Å². The normalized spacial score (nSPS) is 20.9. The Morgan fingerprint density at radius 3 is 2.52 bits per heavy atom. The molecule has 0 amide bonds. The Morgan fingerprint density at radius 1 is 1.14 bits per heavy atom. The second kappa shape index (κ2) is 6.80. The van der Waals surface area contributed by atoms with Crippen molar-refractivity contribution in [2.45, 2.75) is 25.7 Å². The second-order valence-electron chi connectivity index (χ2n) is 6.26. The van der Waals surface area contributed by atoms with Crippen molar-refractivity contribution < 1.29 is 4.79 Å². The second-order valence-corrected chi connectivity index (χ2v) is 6.70. The molecule has 0 spiro atoms. The van der Waals surface area contributed by atoms with Crippen molar-refractivity contribution in [2.24, 2.45) is 5.92 Å². The highest BCUT2D eigenvalue weighted by molar-refractivity contribution is 6.31. The number of halogens is 1. The van der Waals surface area contributed by atoms with Gasteiger partial charge in [0, 0.05) is 35.9 Å². The maximum Gasteiger partial charge on any atom is 0.152 e. The van der Waals surface area contributed by atoms with Crippen molar-refractivity contribution in [1.82, 2.24) is 4.90 Å². The molecule has 2 aliphatic heterocycles. The van der Waals surface area contributed by atoms with Crippen LogP contribution in [0.5, 0.6) is 0 Å². The fourth-order valence-electron chi connectivity index (χ4n) is 3.59. The van der Waals surface area contributed by atoms with Crippen LogP contribution in [0.2, 0.25) is 5.02 Å². The van der Waals surface area contributed by atoms with Crippen LogP contribution in [-0.2, 0) is 0 Å². The Balaban J connectivity index is 1.59. The summed E-state index contributed by atoms with van der Waals surface area (Å²) in [7, 11) is 0. The van der Waals surface area contributed by atoms with E-state index >= 15 is 0 Å². The molecule has 114 valence electrons. The smallest absolute Gasteiger partial charge is 0.152 e. The minimum atomic E-state index is 0.629. The first-order valence-corrected chi connectivity index (χ1v) is 8.36. The maximum absolute atomic E-state index is 11.2. The van der Waals surface area contributed by atoms with E-state index in [9.17, 15) is 4.79 Å². The predicted octanol–water partition coefficient (Wildman–Crippen LogP) is 3.46. The standard InChI is InChI=1S/C17H23ClN2O/c18-16-3-4-17(15(11-16)13-21)20-9-5-14(6-10-20)12-19-7-1-2-8-19/h3-4,11,13-14H,1-2,5-10,12H2. The first-order valence-electron chi connectivity index (χ1n) is 7.98. The number of hydrogen-bond donors (Lipinski definition) is 0. The average Bonchev–Trinajstić information content (AvgIpc) is 3.01. The van der Waals surface area contributed by atoms with Crippen molar-refractivity contribution in [3.05, 3.63) is 28.8 Å². The van der Waals surface area contributed by atoms with Crippen molar-refractivity contribution in [3.63, 3.8) is 0 Å². The maximum atomic E-state index is 11.2. The highest BCUT2D eigenvalue weighted by Gasteiger charge is 2.23. The van der Waals surface area contributed by atoms with Crippen molar-refractivity contribution in [3.8, 4) is 0 Å². The Kier molecular flexibility index (Phi) is 4.81. The third kappa shape index (κ3) is 3.58. The van der Waals surface area contributed by atoms with E-state index in [1.165, 1.54) is 45.3 Å². The number of nitrogens with zero attached hydrogens (tertiary/aromatic N) is 2. The number of benzene rings is 1. The van der Waals surface area contributed by atoms with Crippen LogP contribution in [-0.4, -0.2) is 43.9 Å². The summed E-state index contributed by atoms with van der Waals surface area (Å²) in [6, 6.07) is 5.62. The van der Waals surface area contributed by atoms with Gasteiger partial charge < -0.3 is 9.80 Å². The quantitative estimate of drug-likeness (QED) is 0.796. The van der Waals surface area contributed by atoms with E-state index in [4.69, 9.17) is 11.6 Å². The molecule has 1 aromatic rings. The van der Waals surface area contributed by atoms with E-state index in [0.717, 1.165) is 31.0 Å². The Bertz CT molecular complexity index is 492. The lowest BCUT2D eigenvalue weighted by atomic mass is 9.95. The fourth-order valence-corrected chi connectivity index (χ4v) is 3.78. The van der Waals surface area contributed by atoms with Crippen LogP contribution in [0.1, 0.15) is 36.0 Å². The summed E-state index contributed by atoms with van der Waals surface area (Å²) in [5.41, 5.74) is 1.74. The van der Waals surface area contributed by atoms with E-state index in [2.05, 4.69) is 9.80 Å². The van der Waals surface area contributed by atoms with E-state index in [1.54, 1.807) is 6.07 Å². The Morgan fingerprint density at radius 2 is 1.86 bits per heavy atom. The topological polar surface area (TPSA) is 23.6 Å². The lowest BCUT2D eigenvalue weighted by Gasteiger charge is -2.35. The lowest BCUT2D eigenvalue weighted by molar-refractivity contribution is 0.112. The molecule has 1 aromatic carbocycles. The van der Waals surface area contributed by atoms with E-state index in [-0.39, 0.29) is 0 Å². The third-order valence-corrected chi connectivity index (χ3v) is 5.02. The molecule has 0 N–H and O–H groups in total. The first-order chi connectivity index (χ1) is 10.3. The number of rotatable bonds is 4. The zero-order chi connectivity index (χ0) is 14.7. The number of likely N-dealkylation sites (tertiary alicyclic amines) is 1. The Hall–Kier alpha value is -1.06. The molecule has 2 fully saturated rings. The predicted molar refractivity (Wildman–Crippen MR) is 87.5 cm³/mol. The number of aldehydes is 1. The van der Waals surface area contributed by atoms with Gasteiger partial charge in [0.25, 0.3) is 0 Å². The van der Waals surface area contributed by atoms with Crippen molar-refractivity contribution >= 4 is 23.6 Å². The van der Waals surface area contributed by atoms with Gasteiger partial charge in [-0.05, 0) is 62.9 Å². The molecular formula is C17H23ClN2O. The third-order valence-electron chi connectivity index (χ3n) is 4.79. The minimum absolute atomic E-state index is 0.629. The average molecular weight is 307 g/mol. The zero-order valence-corrected chi connectivity index (χ0v) is 13.2. The van der Waals surface area contributed by atoms with Gasteiger partial charge in [0.1, 0.15) is 0 Å². The summed E-state index contributed by atoms with van der Waals surface area (Å²) in [6.45, 7) is 5.91. The van der Waals surface area contributed by atoms with Crippen LogP contribution in [0.3, 0.4) is 0 Å². The highest BCUT2D eigenvalue weighted by Crippen LogP contribution is 2.28. The van der Waals surface area contributed by atoms with E-state index in [1.807, 2.05) is 12.1 Å². The van der Waals surface area contributed by atoms with Crippen LogP contribution >= 0.6 is 11.6 Å². The molecule has 3 nitrogen and oxygen atoms in total. The minimum Gasteiger partial charge on any atom is -0.371 e. The van der Waals surface area contributed by atoms with Crippen molar-refractivity contribution in [1.29, 1.82) is 0 Å². The zero-order valence-electron chi connectivity index (χ0n) is 12.4. The van der Waals surface area contributed by atoms with Crippen LogP contribution in [0.4, 0.5) is 5.69 Å². The molecule has 0 saturated carbocycles. The number of piperidine rings is 1. The Labute approximate surface area is 131 Å². The van der Waals surface area contributed by atoms with Gasteiger partial charge in [0.15, 0.2) is 6.29 Å². The molecule has 0 radical (unpaired) electrons. The summed E-state index contributed by atoms with van der Waals surface area (Å²) in [4.78, 5) is 16.2. The summed E-state index contributed by atoms with van der Waals surface area (Å²) in [5, 5.41) is 0.629. The number of carbonyl (C=O) groups excluding carboxylic acids is 1.